The zero-order chi connectivity index (χ0) is 15.8. The van der Waals surface area contributed by atoms with E-state index in [9.17, 15) is 14.4 Å². The Morgan fingerprint density at radius 2 is 1.82 bits per heavy atom. The van der Waals surface area contributed by atoms with E-state index in [1.807, 2.05) is 12.2 Å². The normalized spacial score (nSPS) is 21.9. The van der Waals surface area contributed by atoms with Crippen molar-refractivity contribution in [1.82, 2.24) is 10.6 Å². The summed E-state index contributed by atoms with van der Waals surface area (Å²) in [5, 5.41) is 4.99. The summed E-state index contributed by atoms with van der Waals surface area (Å²) in [6, 6.07) is -0.369. The third-order valence-electron chi connectivity index (χ3n) is 4.14. The molecule has 0 aliphatic heterocycles. The lowest BCUT2D eigenvalue weighted by Crippen LogP contribution is -2.46. The summed E-state index contributed by atoms with van der Waals surface area (Å²) in [5.41, 5.74) is 0. The number of urea groups is 1. The fraction of sp³-hybridized carbons (Fsp3) is 0.688. The molecule has 2 aliphatic rings. The largest absolute Gasteiger partial charge is 0.455 e. The number of allylic oxidation sites excluding steroid dienone is 2. The molecule has 6 nitrogen and oxygen atoms in total. The third-order valence-corrected chi connectivity index (χ3v) is 4.14. The molecule has 3 amide bonds. The van der Waals surface area contributed by atoms with Crippen molar-refractivity contribution in [2.75, 3.05) is 6.61 Å². The van der Waals surface area contributed by atoms with Crippen molar-refractivity contribution >= 4 is 17.9 Å². The highest BCUT2D eigenvalue weighted by molar-refractivity contribution is 5.95. The lowest BCUT2D eigenvalue weighted by molar-refractivity contribution is -0.152. The van der Waals surface area contributed by atoms with Gasteiger partial charge in [0.25, 0.3) is 5.91 Å². The van der Waals surface area contributed by atoms with Gasteiger partial charge in [0.15, 0.2) is 6.61 Å². The lowest BCUT2D eigenvalue weighted by atomic mass is 9.95. The minimum atomic E-state index is -0.590. The molecule has 122 valence electrons. The van der Waals surface area contributed by atoms with Gasteiger partial charge >= 0.3 is 12.0 Å². The summed E-state index contributed by atoms with van der Waals surface area (Å²) in [6.07, 6.45) is 11.6. The van der Waals surface area contributed by atoms with E-state index in [0.717, 1.165) is 38.5 Å². The predicted molar refractivity (Wildman–Crippen MR) is 81.0 cm³/mol. The molecule has 0 radical (unpaired) electrons. The van der Waals surface area contributed by atoms with Crippen molar-refractivity contribution in [3.05, 3.63) is 12.2 Å². The van der Waals surface area contributed by atoms with Crippen molar-refractivity contribution in [3.63, 3.8) is 0 Å². The number of nitrogens with one attached hydrogen (secondary N) is 2. The maximum Gasteiger partial charge on any atom is 0.321 e. The molecule has 0 heterocycles. The molecule has 6 heteroatoms. The molecule has 0 spiro atoms. The molecule has 2 N–H and O–H groups in total. The number of hydrogen-bond acceptors (Lipinski definition) is 4. The van der Waals surface area contributed by atoms with Crippen molar-refractivity contribution in [3.8, 4) is 0 Å². The third kappa shape index (κ3) is 5.50. The van der Waals surface area contributed by atoms with Crippen LogP contribution in [0, 0.1) is 5.92 Å². The SMILES string of the molecule is O=C(COC(=O)[C@@H]1CC=CCC1)NC(=O)NC1CCCCC1. The molecule has 22 heavy (non-hydrogen) atoms. The van der Waals surface area contributed by atoms with E-state index in [1.54, 1.807) is 0 Å². The average molecular weight is 308 g/mol. The molecule has 1 saturated carbocycles. The Bertz CT molecular complexity index is 441. The second kappa shape index (κ2) is 8.56. The smallest absolute Gasteiger partial charge is 0.321 e. The fourth-order valence-corrected chi connectivity index (χ4v) is 2.89. The second-order valence-corrected chi connectivity index (χ2v) is 5.95. The molecule has 0 aromatic carbocycles. The van der Waals surface area contributed by atoms with Crippen molar-refractivity contribution in [2.45, 2.75) is 57.4 Å². The Hall–Kier alpha value is -1.85. The Morgan fingerprint density at radius 3 is 2.50 bits per heavy atom. The maximum absolute atomic E-state index is 11.8. The highest BCUT2D eigenvalue weighted by atomic mass is 16.5. The van der Waals surface area contributed by atoms with Crippen LogP contribution in [0.4, 0.5) is 4.79 Å². The predicted octanol–water partition coefficient (Wildman–Crippen LogP) is 2.04. The standard InChI is InChI=1S/C16H24N2O4/c19-14(11-22-15(20)12-7-3-1-4-8-12)18-16(21)17-13-9-5-2-6-10-13/h1,3,12-13H,2,4-11H2,(H2,17,18,19,21)/t12-/m1/s1. The highest BCUT2D eigenvalue weighted by Gasteiger charge is 2.22. The van der Waals surface area contributed by atoms with Gasteiger partial charge < -0.3 is 10.1 Å². The van der Waals surface area contributed by atoms with E-state index >= 15 is 0 Å². The highest BCUT2D eigenvalue weighted by Crippen LogP contribution is 2.19. The van der Waals surface area contributed by atoms with Crippen molar-refractivity contribution < 1.29 is 19.1 Å². The minimum absolute atomic E-state index is 0.137. The van der Waals surface area contributed by atoms with Crippen LogP contribution in [0.5, 0.6) is 0 Å². The van der Waals surface area contributed by atoms with Gasteiger partial charge in [-0.2, -0.15) is 0 Å². The topological polar surface area (TPSA) is 84.5 Å². The van der Waals surface area contributed by atoms with E-state index in [-0.39, 0.29) is 17.9 Å². The van der Waals surface area contributed by atoms with Gasteiger partial charge in [0.2, 0.25) is 0 Å². The van der Waals surface area contributed by atoms with Gasteiger partial charge in [-0.25, -0.2) is 4.79 Å². The van der Waals surface area contributed by atoms with E-state index in [4.69, 9.17) is 4.74 Å². The molecule has 2 rings (SSSR count). The number of esters is 1. The van der Waals surface area contributed by atoms with Gasteiger partial charge in [0, 0.05) is 6.04 Å². The Labute approximate surface area is 130 Å². The van der Waals surface area contributed by atoms with Crippen LogP contribution in [0.25, 0.3) is 0 Å². The van der Waals surface area contributed by atoms with E-state index in [1.165, 1.54) is 6.42 Å². The molecule has 0 bridgehead atoms. The number of hydrogen-bond donors (Lipinski definition) is 2. The molecular formula is C16H24N2O4. The summed E-state index contributed by atoms with van der Waals surface area (Å²) < 4.78 is 4.97. The van der Waals surface area contributed by atoms with Crippen LogP contribution in [-0.2, 0) is 14.3 Å². The molecule has 2 aliphatic carbocycles. The molecular weight excluding hydrogens is 284 g/mol. The van der Waals surface area contributed by atoms with E-state index < -0.39 is 18.5 Å². The van der Waals surface area contributed by atoms with Crippen LogP contribution in [0.15, 0.2) is 12.2 Å². The fourth-order valence-electron chi connectivity index (χ4n) is 2.89. The molecule has 1 fully saturated rings. The number of carbonyl (C=O) groups excluding carboxylic acids is 3. The second-order valence-electron chi connectivity index (χ2n) is 5.95. The number of imide groups is 1. The first-order valence-corrected chi connectivity index (χ1v) is 8.07. The van der Waals surface area contributed by atoms with Gasteiger partial charge in [-0.05, 0) is 32.1 Å². The van der Waals surface area contributed by atoms with E-state index in [2.05, 4.69) is 10.6 Å². The van der Waals surface area contributed by atoms with Crippen LogP contribution >= 0.6 is 0 Å². The quantitative estimate of drug-likeness (QED) is 0.615. The van der Waals surface area contributed by atoms with Gasteiger partial charge in [-0.15, -0.1) is 0 Å². The van der Waals surface area contributed by atoms with Crippen LogP contribution in [-0.4, -0.2) is 30.6 Å². The summed E-state index contributed by atoms with van der Waals surface area (Å²) in [7, 11) is 0. The Morgan fingerprint density at radius 1 is 1.05 bits per heavy atom. The van der Waals surface area contributed by atoms with Gasteiger partial charge in [0.05, 0.1) is 5.92 Å². The number of amides is 3. The summed E-state index contributed by atoms with van der Waals surface area (Å²) in [5.74, 6) is -1.13. The van der Waals surface area contributed by atoms with Crippen molar-refractivity contribution in [1.29, 1.82) is 0 Å². The Balaban J connectivity index is 1.63. The first-order chi connectivity index (χ1) is 10.6. The molecule has 0 aromatic heterocycles. The maximum atomic E-state index is 11.8. The lowest BCUT2D eigenvalue weighted by Gasteiger charge is -2.22. The van der Waals surface area contributed by atoms with Crippen molar-refractivity contribution in [2.24, 2.45) is 5.92 Å². The summed E-state index contributed by atoms with van der Waals surface area (Å²) in [6.45, 7) is -0.406. The van der Waals surface area contributed by atoms with E-state index in [0.29, 0.717) is 6.42 Å². The van der Waals surface area contributed by atoms with Gasteiger partial charge in [-0.1, -0.05) is 31.4 Å². The zero-order valence-electron chi connectivity index (χ0n) is 12.8. The molecule has 0 unspecified atom stereocenters. The van der Waals surface area contributed by atoms with Crippen LogP contribution < -0.4 is 10.6 Å². The summed E-state index contributed by atoms with van der Waals surface area (Å²) in [4.78, 5) is 35.1. The number of rotatable bonds is 4. The Kier molecular flexibility index (Phi) is 6.43. The van der Waals surface area contributed by atoms with Gasteiger partial charge in [0.1, 0.15) is 0 Å². The average Bonchev–Trinajstić information content (AvgIpc) is 2.54. The molecule has 1 atom stereocenters. The number of ether oxygens (including phenoxy) is 1. The monoisotopic (exact) mass is 308 g/mol. The molecule has 0 saturated heterocycles. The zero-order valence-corrected chi connectivity index (χ0v) is 12.8. The van der Waals surface area contributed by atoms with Crippen LogP contribution in [0.2, 0.25) is 0 Å². The minimum Gasteiger partial charge on any atom is -0.455 e. The van der Waals surface area contributed by atoms with Gasteiger partial charge in [-0.3, -0.25) is 14.9 Å². The first kappa shape index (κ1) is 16.5. The first-order valence-electron chi connectivity index (χ1n) is 8.07. The van der Waals surface area contributed by atoms with Crippen LogP contribution in [0.1, 0.15) is 51.4 Å². The molecule has 0 aromatic rings. The number of carbonyl (C=O) groups is 3. The van der Waals surface area contributed by atoms with Crippen LogP contribution in [0.3, 0.4) is 0 Å². The summed E-state index contributed by atoms with van der Waals surface area (Å²) >= 11 is 0.